The van der Waals surface area contributed by atoms with Crippen molar-refractivity contribution in [3.8, 4) is 0 Å². The smallest absolute Gasteiger partial charge is 0.150 e. The summed E-state index contributed by atoms with van der Waals surface area (Å²) in [7, 11) is 1.61. The monoisotopic (exact) mass is 228 g/mol. The molecule has 64 valence electrons. The highest BCUT2D eigenvalue weighted by molar-refractivity contribution is 9.10. The lowest BCUT2D eigenvalue weighted by Gasteiger charge is -2.03. The van der Waals surface area contributed by atoms with Crippen LogP contribution in [-0.4, -0.2) is 13.4 Å². The van der Waals surface area contributed by atoms with Crippen LogP contribution in [0.25, 0.3) is 0 Å². The van der Waals surface area contributed by atoms with Gasteiger partial charge >= 0.3 is 0 Å². The van der Waals surface area contributed by atoms with Gasteiger partial charge in [0.05, 0.1) is 6.61 Å². The summed E-state index contributed by atoms with van der Waals surface area (Å²) in [6.45, 7) is 0.466. The second-order valence-electron chi connectivity index (χ2n) is 2.39. The average Bonchev–Trinajstić information content (AvgIpc) is 2.05. The quantitative estimate of drug-likeness (QED) is 0.744. The van der Waals surface area contributed by atoms with E-state index in [1.54, 1.807) is 13.2 Å². The normalized spacial score (nSPS) is 9.83. The minimum atomic E-state index is 0.466. The lowest BCUT2D eigenvalue weighted by Crippen LogP contribution is -1.94. The van der Waals surface area contributed by atoms with Crippen LogP contribution in [0.3, 0.4) is 0 Å². The van der Waals surface area contributed by atoms with Gasteiger partial charge < -0.3 is 4.74 Å². The molecule has 1 rings (SSSR count). The third-order valence-corrected chi connectivity index (χ3v) is 2.03. The fraction of sp³-hybridized carbons (Fsp3) is 0.222. The number of benzene rings is 1. The van der Waals surface area contributed by atoms with Crippen molar-refractivity contribution in [2.24, 2.45) is 0 Å². The molecule has 1 aromatic rings. The summed E-state index contributed by atoms with van der Waals surface area (Å²) in [4.78, 5) is 10.5. The molecule has 0 heterocycles. The van der Waals surface area contributed by atoms with Gasteiger partial charge in [0.25, 0.3) is 0 Å². The lowest BCUT2D eigenvalue weighted by atomic mass is 10.1. The summed E-state index contributed by atoms with van der Waals surface area (Å²) in [5.74, 6) is 0. The van der Waals surface area contributed by atoms with Crippen LogP contribution < -0.4 is 0 Å². The van der Waals surface area contributed by atoms with Gasteiger partial charge in [0, 0.05) is 17.1 Å². The van der Waals surface area contributed by atoms with E-state index < -0.39 is 0 Å². The van der Waals surface area contributed by atoms with Crippen LogP contribution in [0.1, 0.15) is 15.9 Å². The maximum atomic E-state index is 10.5. The molecule has 2 nitrogen and oxygen atoms in total. The van der Waals surface area contributed by atoms with Crippen molar-refractivity contribution in [2.45, 2.75) is 6.61 Å². The summed E-state index contributed by atoms with van der Waals surface area (Å²) in [5, 5.41) is 0. The zero-order valence-corrected chi connectivity index (χ0v) is 8.30. The molecule has 0 saturated heterocycles. The molecule has 3 heteroatoms. The van der Waals surface area contributed by atoms with Gasteiger partial charge in [-0.2, -0.15) is 0 Å². The zero-order valence-electron chi connectivity index (χ0n) is 6.71. The Kier molecular flexibility index (Phi) is 3.44. The zero-order chi connectivity index (χ0) is 8.97. The molecule has 0 spiro atoms. The van der Waals surface area contributed by atoms with Crippen LogP contribution in [0.15, 0.2) is 22.7 Å². The Morgan fingerprint density at radius 2 is 2.33 bits per heavy atom. The molecule has 0 aromatic heterocycles. The van der Waals surface area contributed by atoms with Crippen LogP contribution in [0.5, 0.6) is 0 Å². The highest BCUT2D eigenvalue weighted by Gasteiger charge is 2.00. The van der Waals surface area contributed by atoms with Crippen molar-refractivity contribution >= 4 is 22.2 Å². The first-order valence-corrected chi connectivity index (χ1v) is 4.29. The van der Waals surface area contributed by atoms with Crippen LogP contribution in [0.2, 0.25) is 0 Å². The SMILES string of the molecule is COCc1cc(Br)ccc1C=O. The van der Waals surface area contributed by atoms with Crippen molar-refractivity contribution in [3.63, 3.8) is 0 Å². The van der Waals surface area contributed by atoms with E-state index in [4.69, 9.17) is 4.74 Å². The first-order valence-electron chi connectivity index (χ1n) is 3.50. The number of methoxy groups -OCH3 is 1. The molecule has 0 unspecified atom stereocenters. The van der Waals surface area contributed by atoms with Crippen LogP contribution in [-0.2, 0) is 11.3 Å². The Labute approximate surface area is 79.7 Å². The van der Waals surface area contributed by atoms with Gasteiger partial charge in [0.1, 0.15) is 6.29 Å². The Hall–Kier alpha value is -0.670. The summed E-state index contributed by atoms with van der Waals surface area (Å²) < 4.78 is 5.90. The van der Waals surface area contributed by atoms with Gasteiger partial charge in [-0.15, -0.1) is 0 Å². The van der Waals surface area contributed by atoms with Crippen molar-refractivity contribution < 1.29 is 9.53 Å². The number of carbonyl (C=O) groups is 1. The van der Waals surface area contributed by atoms with Gasteiger partial charge in [-0.1, -0.05) is 22.0 Å². The minimum absolute atomic E-state index is 0.466. The molecule has 0 aliphatic carbocycles. The molecular formula is C9H9BrO2. The summed E-state index contributed by atoms with van der Waals surface area (Å²) in [6, 6.07) is 5.49. The van der Waals surface area contributed by atoms with E-state index in [-0.39, 0.29) is 0 Å². The van der Waals surface area contributed by atoms with E-state index in [1.807, 2.05) is 12.1 Å². The van der Waals surface area contributed by atoms with Gasteiger partial charge in [-0.05, 0) is 17.7 Å². The van der Waals surface area contributed by atoms with Crippen LogP contribution >= 0.6 is 15.9 Å². The van der Waals surface area contributed by atoms with Crippen LogP contribution in [0.4, 0.5) is 0 Å². The van der Waals surface area contributed by atoms with Crippen molar-refractivity contribution in [3.05, 3.63) is 33.8 Å². The molecule has 0 aliphatic heterocycles. The molecule has 0 atom stereocenters. The molecular weight excluding hydrogens is 220 g/mol. The Morgan fingerprint density at radius 3 is 2.92 bits per heavy atom. The molecule has 12 heavy (non-hydrogen) atoms. The van der Waals surface area contributed by atoms with E-state index in [0.717, 1.165) is 16.3 Å². The molecule has 0 N–H and O–H groups in total. The van der Waals surface area contributed by atoms with Crippen LogP contribution in [0, 0.1) is 0 Å². The largest absolute Gasteiger partial charge is 0.380 e. The summed E-state index contributed by atoms with van der Waals surface area (Å²) in [5.41, 5.74) is 1.59. The minimum Gasteiger partial charge on any atom is -0.380 e. The van der Waals surface area contributed by atoms with Crippen molar-refractivity contribution in [2.75, 3.05) is 7.11 Å². The number of ether oxygens (including phenoxy) is 1. The van der Waals surface area contributed by atoms with Gasteiger partial charge in [0.15, 0.2) is 0 Å². The number of halogens is 1. The Bertz CT molecular complexity index is 284. The fourth-order valence-corrected chi connectivity index (χ4v) is 1.38. The maximum Gasteiger partial charge on any atom is 0.150 e. The highest BCUT2D eigenvalue weighted by Crippen LogP contribution is 2.15. The third-order valence-electron chi connectivity index (χ3n) is 1.53. The number of aldehydes is 1. The van der Waals surface area contributed by atoms with E-state index in [2.05, 4.69) is 15.9 Å². The fourth-order valence-electron chi connectivity index (χ4n) is 0.970. The lowest BCUT2D eigenvalue weighted by molar-refractivity contribution is 0.111. The summed E-state index contributed by atoms with van der Waals surface area (Å²) >= 11 is 3.32. The van der Waals surface area contributed by atoms with Gasteiger partial charge in [-0.25, -0.2) is 0 Å². The van der Waals surface area contributed by atoms with Crippen molar-refractivity contribution in [1.82, 2.24) is 0 Å². The summed E-state index contributed by atoms with van der Waals surface area (Å²) in [6.07, 6.45) is 0.834. The molecule has 0 saturated carbocycles. The second kappa shape index (κ2) is 4.38. The topological polar surface area (TPSA) is 26.3 Å². The predicted octanol–water partition coefficient (Wildman–Crippen LogP) is 2.41. The van der Waals surface area contributed by atoms with Crippen molar-refractivity contribution in [1.29, 1.82) is 0 Å². The molecule has 1 aromatic carbocycles. The van der Waals surface area contributed by atoms with Gasteiger partial charge in [-0.3, -0.25) is 4.79 Å². The average molecular weight is 229 g/mol. The second-order valence-corrected chi connectivity index (χ2v) is 3.31. The highest BCUT2D eigenvalue weighted by atomic mass is 79.9. The standard InChI is InChI=1S/C9H9BrO2/c1-12-6-8-4-9(10)3-2-7(8)5-11/h2-5H,6H2,1H3. The van der Waals surface area contributed by atoms with E-state index in [9.17, 15) is 4.79 Å². The molecule has 0 bridgehead atoms. The number of rotatable bonds is 3. The van der Waals surface area contributed by atoms with Gasteiger partial charge in [0.2, 0.25) is 0 Å². The first kappa shape index (κ1) is 9.42. The third kappa shape index (κ3) is 2.16. The first-order chi connectivity index (χ1) is 5.77. The predicted molar refractivity (Wildman–Crippen MR) is 50.2 cm³/mol. The number of hydrogen-bond donors (Lipinski definition) is 0. The molecule has 0 fully saturated rings. The Morgan fingerprint density at radius 1 is 1.58 bits per heavy atom. The maximum absolute atomic E-state index is 10.5. The number of hydrogen-bond acceptors (Lipinski definition) is 2. The van der Waals surface area contributed by atoms with E-state index in [1.165, 1.54) is 0 Å². The molecule has 0 aliphatic rings. The Balaban J connectivity index is 3.03. The molecule has 0 amide bonds. The van der Waals surface area contributed by atoms with E-state index >= 15 is 0 Å². The van der Waals surface area contributed by atoms with E-state index in [0.29, 0.717) is 12.2 Å². The molecule has 0 radical (unpaired) electrons. The number of carbonyl (C=O) groups excluding carboxylic acids is 1.